The van der Waals surface area contributed by atoms with Crippen LogP contribution < -0.4 is 5.32 Å². The van der Waals surface area contributed by atoms with Crippen molar-refractivity contribution in [1.82, 2.24) is 13.9 Å². The van der Waals surface area contributed by atoms with Gasteiger partial charge < -0.3 is 10.1 Å². The maximum Gasteiger partial charge on any atom is 0.269 e. The van der Waals surface area contributed by atoms with Crippen LogP contribution in [0.5, 0.6) is 0 Å². The van der Waals surface area contributed by atoms with Crippen molar-refractivity contribution in [3.8, 4) is 0 Å². The smallest absolute Gasteiger partial charge is 0.269 e. The van der Waals surface area contributed by atoms with Gasteiger partial charge in [-0.2, -0.15) is 4.31 Å². The monoisotopic (exact) mass is 445 g/mol. The maximum absolute atomic E-state index is 12.6. The number of carbonyl (C=O) groups excluding carboxylic acids is 2. The zero-order chi connectivity index (χ0) is 21.4. The van der Waals surface area contributed by atoms with Crippen LogP contribution in [0.3, 0.4) is 0 Å². The van der Waals surface area contributed by atoms with Crippen LogP contribution in [-0.4, -0.2) is 81.9 Å². The molecule has 12 heteroatoms. The van der Waals surface area contributed by atoms with Crippen LogP contribution in [0.25, 0.3) is 0 Å². The number of morpholine rings is 1. The van der Waals surface area contributed by atoms with Crippen LogP contribution in [0.2, 0.25) is 0 Å². The summed E-state index contributed by atoms with van der Waals surface area (Å²) < 4.78 is 57.0. The van der Waals surface area contributed by atoms with Crippen molar-refractivity contribution in [3.05, 3.63) is 29.3 Å². The molecule has 0 radical (unpaired) electrons. The SMILES string of the molecule is CC(C)N1C(=O)c2ccc(C(=O)NCCS(=O)(=O)N3CCOCC3)cc2S1(=O)=O. The Hall–Kier alpha value is -2.02. The molecule has 1 saturated heterocycles. The average molecular weight is 446 g/mol. The van der Waals surface area contributed by atoms with E-state index in [1.807, 2.05) is 0 Å². The van der Waals surface area contributed by atoms with Gasteiger partial charge in [0.25, 0.3) is 21.8 Å². The Morgan fingerprint density at radius 2 is 1.90 bits per heavy atom. The molecule has 0 spiro atoms. The molecule has 10 nitrogen and oxygen atoms in total. The number of hydrogen-bond acceptors (Lipinski definition) is 7. The molecule has 0 saturated carbocycles. The highest BCUT2D eigenvalue weighted by Crippen LogP contribution is 2.32. The van der Waals surface area contributed by atoms with Crippen LogP contribution in [0.1, 0.15) is 34.6 Å². The Kier molecular flexibility index (Phi) is 5.99. The number of benzene rings is 1. The minimum absolute atomic E-state index is 0.0187. The summed E-state index contributed by atoms with van der Waals surface area (Å²) in [5.74, 6) is -1.52. The topological polar surface area (TPSA) is 130 Å². The minimum atomic E-state index is -4.02. The zero-order valence-corrected chi connectivity index (χ0v) is 17.8. The third-order valence-corrected chi connectivity index (χ3v) is 8.56. The molecule has 3 rings (SSSR count). The summed E-state index contributed by atoms with van der Waals surface area (Å²) in [4.78, 5) is 24.5. The normalized spacial score (nSPS) is 19.4. The lowest BCUT2D eigenvalue weighted by Crippen LogP contribution is -2.43. The third kappa shape index (κ3) is 4.15. The lowest BCUT2D eigenvalue weighted by molar-refractivity contribution is 0.0730. The van der Waals surface area contributed by atoms with E-state index in [4.69, 9.17) is 4.74 Å². The summed E-state index contributed by atoms with van der Waals surface area (Å²) in [6.45, 7) is 4.27. The van der Waals surface area contributed by atoms with Gasteiger partial charge in [-0.3, -0.25) is 9.59 Å². The predicted octanol–water partition coefficient (Wildman–Crippen LogP) is -0.369. The van der Waals surface area contributed by atoms with E-state index in [0.29, 0.717) is 13.2 Å². The van der Waals surface area contributed by atoms with Crippen molar-refractivity contribution < 1.29 is 31.2 Å². The summed E-state index contributed by atoms with van der Waals surface area (Å²) >= 11 is 0. The van der Waals surface area contributed by atoms with Gasteiger partial charge in [-0.15, -0.1) is 0 Å². The lowest BCUT2D eigenvalue weighted by Gasteiger charge is -2.26. The molecule has 2 aliphatic rings. The van der Waals surface area contributed by atoms with E-state index in [9.17, 15) is 26.4 Å². The third-order valence-electron chi connectivity index (χ3n) is 4.69. The van der Waals surface area contributed by atoms with Gasteiger partial charge in [-0.1, -0.05) is 0 Å². The largest absolute Gasteiger partial charge is 0.379 e. The molecule has 1 fully saturated rings. The Bertz CT molecular complexity index is 1030. The Balaban J connectivity index is 1.69. The zero-order valence-electron chi connectivity index (χ0n) is 16.1. The number of hydrogen-bond donors (Lipinski definition) is 1. The number of sulfonamides is 2. The second kappa shape index (κ2) is 8.01. The van der Waals surface area contributed by atoms with E-state index in [1.165, 1.54) is 16.4 Å². The fourth-order valence-electron chi connectivity index (χ4n) is 3.25. The van der Waals surface area contributed by atoms with Gasteiger partial charge >= 0.3 is 0 Å². The molecule has 0 aliphatic carbocycles. The van der Waals surface area contributed by atoms with E-state index in [0.717, 1.165) is 10.4 Å². The number of nitrogens with zero attached hydrogens (tertiary/aromatic N) is 2. The Morgan fingerprint density at radius 3 is 2.52 bits per heavy atom. The first-order valence-corrected chi connectivity index (χ1v) is 12.2. The molecular weight excluding hydrogens is 422 g/mol. The van der Waals surface area contributed by atoms with Gasteiger partial charge in [0.2, 0.25) is 10.0 Å². The highest BCUT2D eigenvalue weighted by molar-refractivity contribution is 7.90. The molecule has 160 valence electrons. The second-order valence-electron chi connectivity index (χ2n) is 6.99. The van der Waals surface area contributed by atoms with Gasteiger partial charge in [-0.05, 0) is 32.0 Å². The molecule has 0 atom stereocenters. The molecule has 29 heavy (non-hydrogen) atoms. The van der Waals surface area contributed by atoms with Crippen molar-refractivity contribution in [2.75, 3.05) is 38.6 Å². The average Bonchev–Trinajstić information content (AvgIpc) is 2.87. The standard InChI is InChI=1S/C17H23N3O7S2/c1-12(2)20-17(22)14-4-3-13(11-15(14)29(20,25)26)16(21)18-5-10-28(23,24)19-6-8-27-9-7-19/h3-4,11-12H,5-10H2,1-2H3,(H,18,21). The first kappa shape index (κ1) is 21.7. The minimum Gasteiger partial charge on any atom is -0.379 e. The molecule has 1 aromatic carbocycles. The molecule has 0 unspecified atom stereocenters. The Morgan fingerprint density at radius 1 is 1.24 bits per heavy atom. The van der Waals surface area contributed by atoms with Crippen molar-refractivity contribution in [1.29, 1.82) is 0 Å². The first-order chi connectivity index (χ1) is 13.6. The molecule has 2 heterocycles. The van der Waals surface area contributed by atoms with Gasteiger partial charge in [0.1, 0.15) is 4.90 Å². The Labute approximate surface area is 169 Å². The number of carbonyl (C=O) groups is 2. The van der Waals surface area contributed by atoms with Crippen molar-refractivity contribution in [3.63, 3.8) is 0 Å². The van der Waals surface area contributed by atoms with Gasteiger partial charge in [0, 0.05) is 31.2 Å². The molecular formula is C17H23N3O7S2. The van der Waals surface area contributed by atoms with Crippen LogP contribution in [-0.2, 0) is 24.8 Å². The molecule has 2 amide bonds. The summed E-state index contributed by atoms with van der Waals surface area (Å²) in [6, 6.07) is 3.25. The molecule has 2 aliphatic heterocycles. The predicted molar refractivity (Wildman–Crippen MR) is 103 cm³/mol. The second-order valence-corrected chi connectivity index (χ2v) is 10.9. The maximum atomic E-state index is 12.6. The van der Waals surface area contributed by atoms with Crippen LogP contribution in [0, 0.1) is 0 Å². The first-order valence-electron chi connectivity index (χ1n) is 9.12. The number of nitrogens with one attached hydrogen (secondary N) is 1. The fourth-order valence-corrected chi connectivity index (χ4v) is 6.37. The molecule has 1 aromatic rings. The van der Waals surface area contributed by atoms with Crippen molar-refractivity contribution >= 4 is 31.9 Å². The van der Waals surface area contributed by atoms with Crippen LogP contribution in [0.15, 0.2) is 23.1 Å². The molecule has 0 bridgehead atoms. The summed E-state index contributed by atoms with van der Waals surface area (Å²) in [7, 11) is -7.54. The number of fused-ring (bicyclic) bond motifs is 1. The quantitative estimate of drug-likeness (QED) is 0.632. The van der Waals surface area contributed by atoms with E-state index in [2.05, 4.69) is 5.32 Å². The fraction of sp³-hybridized carbons (Fsp3) is 0.529. The molecule has 0 aromatic heterocycles. The van der Waals surface area contributed by atoms with E-state index < -0.39 is 37.9 Å². The van der Waals surface area contributed by atoms with Gasteiger partial charge in [0.15, 0.2) is 0 Å². The number of ether oxygens (including phenoxy) is 1. The number of amides is 2. The summed E-state index contributed by atoms with van der Waals surface area (Å²) in [5, 5.41) is 2.49. The highest BCUT2D eigenvalue weighted by Gasteiger charge is 2.42. The van der Waals surface area contributed by atoms with Crippen molar-refractivity contribution in [2.24, 2.45) is 0 Å². The van der Waals surface area contributed by atoms with E-state index in [1.54, 1.807) is 13.8 Å². The number of rotatable bonds is 6. The van der Waals surface area contributed by atoms with Crippen LogP contribution in [0.4, 0.5) is 0 Å². The van der Waals surface area contributed by atoms with Crippen molar-refractivity contribution in [2.45, 2.75) is 24.8 Å². The lowest BCUT2D eigenvalue weighted by atomic mass is 10.1. The molecule has 1 N–H and O–H groups in total. The summed E-state index contributed by atoms with van der Waals surface area (Å²) in [5.41, 5.74) is 0.0552. The van der Waals surface area contributed by atoms with Crippen LogP contribution >= 0.6 is 0 Å². The van der Waals surface area contributed by atoms with E-state index in [-0.39, 0.29) is 41.4 Å². The highest BCUT2D eigenvalue weighted by atomic mass is 32.2. The summed E-state index contributed by atoms with van der Waals surface area (Å²) in [6.07, 6.45) is 0. The van der Waals surface area contributed by atoms with Gasteiger partial charge in [-0.25, -0.2) is 21.1 Å². The van der Waals surface area contributed by atoms with Gasteiger partial charge in [0.05, 0.1) is 24.5 Å². The van der Waals surface area contributed by atoms with E-state index >= 15 is 0 Å².